The minimum Gasteiger partial charge on any atom is -0.466 e. The number of halogens is 3. The second-order valence-electron chi connectivity index (χ2n) is 3.92. The molecule has 1 rings (SSSR count). The number of aryl methyl sites for hydroxylation is 1. The molecule has 0 atom stereocenters. The molecule has 5 nitrogen and oxygen atoms in total. The minimum absolute atomic E-state index is 0.00567. The second kappa shape index (κ2) is 6.56. The van der Waals surface area contributed by atoms with Crippen molar-refractivity contribution in [3.63, 3.8) is 0 Å². The number of pyridine rings is 1. The fraction of sp³-hybridized carbons (Fsp3) is 0.500. The number of aromatic nitrogens is 1. The van der Waals surface area contributed by atoms with E-state index in [1.807, 2.05) is 0 Å². The number of esters is 1. The van der Waals surface area contributed by atoms with E-state index in [1.165, 1.54) is 6.92 Å². The standard InChI is InChI=1S/C12H15F3N2O3/c1-3-19-11(18)5-8-9(6-16)17-7(2)4-10(8)20-12(13,14)15/h4H,3,5-6,16H2,1-2H3. The zero-order valence-corrected chi connectivity index (χ0v) is 11.1. The fourth-order valence-electron chi connectivity index (χ4n) is 1.66. The molecule has 0 amide bonds. The van der Waals surface area contributed by atoms with E-state index in [9.17, 15) is 18.0 Å². The summed E-state index contributed by atoms with van der Waals surface area (Å²) in [5.74, 6) is -1.14. The third-order valence-electron chi connectivity index (χ3n) is 2.34. The van der Waals surface area contributed by atoms with Crippen LogP contribution in [-0.2, 0) is 22.5 Å². The molecule has 0 aliphatic carbocycles. The Morgan fingerprint density at radius 3 is 2.60 bits per heavy atom. The van der Waals surface area contributed by atoms with Gasteiger partial charge in [0, 0.05) is 23.9 Å². The van der Waals surface area contributed by atoms with E-state index < -0.39 is 18.1 Å². The lowest BCUT2D eigenvalue weighted by Crippen LogP contribution is -2.21. The van der Waals surface area contributed by atoms with Gasteiger partial charge in [0.05, 0.1) is 18.7 Å². The molecule has 0 radical (unpaired) electrons. The average molecular weight is 292 g/mol. The van der Waals surface area contributed by atoms with Gasteiger partial charge in [-0.15, -0.1) is 13.2 Å². The second-order valence-corrected chi connectivity index (χ2v) is 3.92. The molecule has 1 aromatic rings. The number of hydrogen-bond acceptors (Lipinski definition) is 5. The van der Waals surface area contributed by atoms with Crippen LogP contribution in [0.2, 0.25) is 0 Å². The van der Waals surface area contributed by atoms with Gasteiger partial charge in [-0.05, 0) is 13.8 Å². The van der Waals surface area contributed by atoms with Gasteiger partial charge in [0.2, 0.25) is 0 Å². The lowest BCUT2D eigenvalue weighted by molar-refractivity contribution is -0.275. The predicted molar refractivity (Wildman–Crippen MR) is 63.9 cm³/mol. The van der Waals surface area contributed by atoms with Crippen LogP contribution in [0.15, 0.2) is 6.07 Å². The summed E-state index contributed by atoms with van der Waals surface area (Å²) in [6.07, 6.45) is -5.23. The third-order valence-corrected chi connectivity index (χ3v) is 2.34. The Morgan fingerprint density at radius 1 is 1.45 bits per heavy atom. The van der Waals surface area contributed by atoms with E-state index >= 15 is 0 Å². The van der Waals surface area contributed by atoms with Crippen LogP contribution in [0, 0.1) is 6.92 Å². The number of hydrogen-bond donors (Lipinski definition) is 1. The lowest BCUT2D eigenvalue weighted by atomic mass is 10.1. The van der Waals surface area contributed by atoms with Crippen molar-refractivity contribution in [1.29, 1.82) is 0 Å². The summed E-state index contributed by atoms with van der Waals surface area (Å²) < 4.78 is 45.8. The van der Waals surface area contributed by atoms with Crippen LogP contribution in [0.1, 0.15) is 23.9 Å². The number of carbonyl (C=O) groups is 1. The van der Waals surface area contributed by atoms with Crippen molar-refractivity contribution >= 4 is 5.97 Å². The Kier molecular flexibility index (Phi) is 5.32. The van der Waals surface area contributed by atoms with Crippen molar-refractivity contribution in [2.75, 3.05) is 6.61 Å². The summed E-state index contributed by atoms with van der Waals surface area (Å²) in [4.78, 5) is 15.5. The van der Waals surface area contributed by atoms with E-state index in [-0.39, 0.29) is 30.8 Å². The molecule has 0 aliphatic heterocycles. The maximum Gasteiger partial charge on any atom is 0.573 e. The van der Waals surface area contributed by atoms with E-state index in [0.29, 0.717) is 5.69 Å². The molecule has 2 N–H and O–H groups in total. The summed E-state index contributed by atoms with van der Waals surface area (Å²) >= 11 is 0. The molecule has 1 aromatic heterocycles. The van der Waals surface area contributed by atoms with E-state index in [0.717, 1.165) is 6.07 Å². The first-order valence-corrected chi connectivity index (χ1v) is 5.87. The number of nitrogens with two attached hydrogens (primary N) is 1. The summed E-state index contributed by atoms with van der Waals surface area (Å²) in [5, 5.41) is 0. The van der Waals surface area contributed by atoms with Crippen molar-refractivity contribution in [1.82, 2.24) is 4.98 Å². The highest BCUT2D eigenvalue weighted by Crippen LogP contribution is 2.29. The van der Waals surface area contributed by atoms with Crippen molar-refractivity contribution in [3.05, 3.63) is 23.0 Å². The Hall–Kier alpha value is -1.83. The van der Waals surface area contributed by atoms with Gasteiger partial charge in [-0.1, -0.05) is 0 Å². The monoisotopic (exact) mass is 292 g/mol. The van der Waals surface area contributed by atoms with E-state index in [1.54, 1.807) is 6.92 Å². The molecular weight excluding hydrogens is 277 g/mol. The first-order chi connectivity index (χ1) is 9.26. The predicted octanol–water partition coefficient (Wildman–Crippen LogP) is 1.85. The first-order valence-electron chi connectivity index (χ1n) is 5.87. The van der Waals surface area contributed by atoms with Crippen LogP contribution in [0.5, 0.6) is 5.75 Å². The van der Waals surface area contributed by atoms with Crippen molar-refractivity contribution in [2.24, 2.45) is 5.73 Å². The van der Waals surface area contributed by atoms with Crippen molar-refractivity contribution in [2.45, 2.75) is 33.2 Å². The normalized spacial score (nSPS) is 11.3. The van der Waals surface area contributed by atoms with Gasteiger partial charge in [0.1, 0.15) is 5.75 Å². The zero-order valence-electron chi connectivity index (χ0n) is 11.1. The topological polar surface area (TPSA) is 74.4 Å². The molecule has 0 unspecified atom stereocenters. The van der Waals surface area contributed by atoms with Gasteiger partial charge >= 0.3 is 12.3 Å². The van der Waals surface area contributed by atoms with Crippen molar-refractivity contribution in [3.8, 4) is 5.75 Å². The van der Waals surface area contributed by atoms with Gasteiger partial charge in [-0.25, -0.2) is 0 Å². The average Bonchev–Trinajstić information content (AvgIpc) is 2.30. The SMILES string of the molecule is CCOC(=O)Cc1c(OC(F)(F)F)cc(C)nc1CN. The Balaban J connectivity index is 3.18. The molecule has 0 bridgehead atoms. The van der Waals surface area contributed by atoms with Crippen molar-refractivity contribution < 1.29 is 27.4 Å². The van der Waals surface area contributed by atoms with Gasteiger partial charge in [0.15, 0.2) is 0 Å². The molecule has 112 valence electrons. The summed E-state index contributed by atoms with van der Waals surface area (Å²) in [6.45, 7) is 3.13. The quantitative estimate of drug-likeness (QED) is 0.838. The number of ether oxygens (including phenoxy) is 2. The number of nitrogens with zero attached hydrogens (tertiary/aromatic N) is 1. The number of rotatable bonds is 5. The molecule has 8 heteroatoms. The highest BCUT2D eigenvalue weighted by molar-refractivity contribution is 5.74. The number of carbonyl (C=O) groups excluding carboxylic acids is 1. The van der Waals surface area contributed by atoms with Gasteiger partial charge in [-0.2, -0.15) is 0 Å². The molecule has 20 heavy (non-hydrogen) atoms. The molecule has 1 heterocycles. The van der Waals surface area contributed by atoms with Gasteiger partial charge in [-0.3, -0.25) is 9.78 Å². The molecule has 0 spiro atoms. The van der Waals surface area contributed by atoms with Crippen LogP contribution >= 0.6 is 0 Å². The molecule has 0 aliphatic rings. The molecule has 0 aromatic carbocycles. The molecular formula is C12H15F3N2O3. The van der Waals surface area contributed by atoms with Crippen LogP contribution in [0.4, 0.5) is 13.2 Å². The molecule has 0 saturated heterocycles. The van der Waals surface area contributed by atoms with E-state index in [4.69, 9.17) is 10.5 Å². The maximum atomic E-state index is 12.4. The molecule has 0 fully saturated rings. The minimum atomic E-state index is -4.86. The van der Waals surface area contributed by atoms with Crippen LogP contribution in [-0.4, -0.2) is 23.9 Å². The van der Waals surface area contributed by atoms with Gasteiger partial charge < -0.3 is 15.2 Å². The lowest BCUT2D eigenvalue weighted by Gasteiger charge is -2.16. The largest absolute Gasteiger partial charge is 0.573 e. The van der Waals surface area contributed by atoms with Crippen LogP contribution in [0.3, 0.4) is 0 Å². The Morgan fingerprint density at radius 2 is 2.10 bits per heavy atom. The Labute approximate surface area is 113 Å². The third kappa shape index (κ3) is 4.69. The summed E-state index contributed by atoms with van der Waals surface area (Å²) in [7, 11) is 0. The highest BCUT2D eigenvalue weighted by atomic mass is 19.4. The summed E-state index contributed by atoms with van der Waals surface area (Å²) in [6, 6.07) is 1.11. The molecule has 0 saturated carbocycles. The zero-order chi connectivity index (χ0) is 15.3. The maximum absolute atomic E-state index is 12.4. The first kappa shape index (κ1) is 16.2. The van der Waals surface area contributed by atoms with Crippen LogP contribution < -0.4 is 10.5 Å². The Bertz CT molecular complexity index is 490. The smallest absolute Gasteiger partial charge is 0.466 e. The fourth-order valence-corrected chi connectivity index (χ4v) is 1.66. The number of alkyl halides is 3. The summed E-state index contributed by atoms with van der Waals surface area (Å²) in [5.41, 5.74) is 5.94. The highest BCUT2D eigenvalue weighted by Gasteiger charge is 2.33. The van der Waals surface area contributed by atoms with E-state index in [2.05, 4.69) is 9.72 Å². The van der Waals surface area contributed by atoms with Gasteiger partial charge in [0.25, 0.3) is 0 Å². The van der Waals surface area contributed by atoms with Crippen LogP contribution in [0.25, 0.3) is 0 Å².